The average molecular weight is 431 g/mol. The van der Waals surface area contributed by atoms with Crippen LogP contribution < -0.4 is 35.1 Å². The smallest absolute Gasteiger partial charge is 0.319 e. The van der Waals surface area contributed by atoms with Crippen molar-refractivity contribution in [1.82, 2.24) is 15.3 Å². The van der Waals surface area contributed by atoms with Gasteiger partial charge in [0.25, 0.3) is 0 Å². The van der Waals surface area contributed by atoms with Crippen LogP contribution in [0.3, 0.4) is 0 Å². The highest BCUT2D eigenvalue weighted by atomic mass is 16.5. The molecule has 1 aliphatic rings. The molecular formula is C21H30N6O4. The summed E-state index contributed by atoms with van der Waals surface area (Å²) in [5.74, 6) is 3.81. The Morgan fingerprint density at radius 2 is 1.68 bits per heavy atom. The molecule has 0 unspecified atom stereocenters. The van der Waals surface area contributed by atoms with Gasteiger partial charge in [0.05, 0.1) is 27.0 Å². The summed E-state index contributed by atoms with van der Waals surface area (Å²) in [7, 11) is 4.58. The van der Waals surface area contributed by atoms with Crippen LogP contribution in [0.25, 0.3) is 0 Å². The molecule has 2 heterocycles. The van der Waals surface area contributed by atoms with E-state index in [0.717, 1.165) is 30.5 Å². The standard InChI is InChI=1S/C21H30N6O4/c1-14-24-18(13-19(25-14)27-9-5-6-10-27)22-7-8-23-21(28)26-15-11-16(29-2)20(31-4)17(12-15)30-3/h11-13H,5-10H2,1-4H3,(H,22,24,25)(H2,23,26,28). The molecule has 168 valence electrons. The van der Waals surface area contributed by atoms with E-state index >= 15 is 0 Å². The number of urea groups is 1. The molecular weight excluding hydrogens is 400 g/mol. The minimum Gasteiger partial charge on any atom is -0.493 e. The van der Waals surface area contributed by atoms with Crippen LogP contribution in [-0.2, 0) is 0 Å². The van der Waals surface area contributed by atoms with Crippen molar-refractivity contribution in [3.8, 4) is 17.2 Å². The lowest BCUT2D eigenvalue weighted by molar-refractivity contribution is 0.252. The lowest BCUT2D eigenvalue weighted by Gasteiger charge is -2.18. The first-order valence-corrected chi connectivity index (χ1v) is 10.2. The molecule has 10 heteroatoms. The first-order valence-electron chi connectivity index (χ1n) is 10.2. The van der Waals surface area contributed by atoms with Gasteiger partial charge < -0.3 is 35.1 Å². The summed E-state index contributed by atoms with van der Waals surface area (Å²) >= 11 is 0. The van der Waals surface area contributed by atoms with Crippen LogP contribution in [0.2, 0.25) is 0 Å². The number of nitrogens with one attached hydrogen (secondary N) is 3. The van der Waals surface area contributed by atoms with E-state index in [2.05, 4.69) is 30.8 Å². The first-order chi connectivity index (χ1) is 15.0. The third kappa shape index (κ3) is 5.80. The molecule has 10 nitrogen and oxygen atoms in total. The second-order valence-electron chi connectivity index (χ2n) is 7.07. The maximum atomic E-state index is 12.3. The van der Waals surface area contributed by atoms with Crippen molar-refractivity contribution in [1.29, 1.82) is 0 Å². The molecule has 0 aliphatic carbocycles. The van der Waals surface area contributed by atoms with E-state index in [4.69, 9.17) is 14.2 Å². The fourth-order valence-electron chi connectivity index (χ4n) is 3.45. The van der Waals surface area contributed by atoms with Gasteiger partial charge in [-0.2, -0.15) is 0 Å². The summed E-state index contributed by atoms with van der Waals surface area (Å²) in [6, 6.07) is 4.95. The topological polar surface area (TPSA) is 110 Å². The highest BCUT2D eigenvalue weighted by molar-refractivity contribution is 5.90. The van der Waals surface area contributed by atoms with Crippen molar-refractivity contribution in [3.63, 3.8) is 0 Å². The Morgan fingerprint density at radius 3 is 2.29 bits per heavy atom. The van der Waals surface area contributed by atoms with Gasteiger partial charge in [0, 0.05) is 44.4 Å². The van der Waals surface area contributed by atoms with E-state index in [1.54, 1.807) is 12.1 Å². The van der Waals surface area contributed by atoms with Gasteiger partial charge in [-0.3, -0.25) is 0 Å². The Morgan fingerprint density at radius 1 is 1.00 bits per heavy atom. The highest BCUT2D eigenvalue weighted by Crippen LogP contribution is 2.39. The number of hydrogen-bond acceptors (Lipinski definition) is 8. The summed E-state index contributed by atoms with van der Waals surface area (Å²) in [6.45, 7) is 4.88. The predicted molar refractivity (Wildman–Crippen MR) is 120 cm³/mol. The minimum absolute atomic E-state index is 0.340. The summed E-state index contributed by atoms with van der Waals surface area (Å²) in [5.41, 5.74) is 0.529. The van der Waals surface area contributed by atoms with Crippen LogP contribution in [0.1, 0.15) is 18.7 Å². The number of carbonyl (C=O) groups excluding carboxylic acids is 1. The molecule has 2 aromatic rings. The Labute approximate surface area is 182 Å². The molecule has 1 fully saturated rings. The van der Waals surface area contributed by atoms with Crippen LogP contribution in [0, 0.1) is 6.92 Å². The number of ether oxygens (including phenoxy) is 3. The third-order valence-electron chi connectivity index (χ3n) is 4.89. The number of aromatic nitrogens is 2. The molecule has 3 rings (SSSR count). The number of nitrogens with zero attached hydrogens (tertiary/aromatic N) is 3. The molecule has 0 atom stereocenters. The Hall–Kier alpha value is -3.43. The van der Waals surface area contributed by atoms with Crippen LogP contribution in [0.15, 0.2) is 18.2 Å². The SMILES string of the molecule is COc1cc(NC(=O)NCCNc2cc(N3CCCC3)nc(C)n2)cc(OC)c1OC. The number of aryl methyl sites for hydroxylation is 1. The van der Waals surface area contributed by atoms with Crippen LogP contribution >= 0.6 is 0 Å². The maximum Gasteiger partial charge on any atom is 0.319 e. The maximum absolute atomic E-state index is 12.3. The van der Waals surface area contributed by atoms with Gasteiger partial charge in [-0.15, -0.1) is 0 Å². The quantitative estimate of drug-likeness (QED) is 0.521. The zero-order valence-electron chi connectivity index (χ0n) is 18.4. The molecule has 3 N–H and O–H groups in total. The van der Waals surface area contributed by atoms with Gasteiger partial charge in [0.1, 0.15) is 17.5 Å². The van der Waals surface area contributed by atoms with Gasteiger partial charge >= 0.3 is 6.03 Å². The number of benzene rings is 1. The number of carbonyl (C=O) groups is 1. The Balaban J connectivity index is 1.51. The summed E-state index contributed by atoms with van der Waals surface area (Å²) in [5, 5.41) is 8.82. The molecule has 1 aliphatic heterocycles. The van der Waals surface area contributed by atoms with Crippen LogP contribution in [-0.4, -0.2) is 63.5 Å². The van der Waals surface area contributed by atoms with Gasteiger partial charge in [0.15, 0.2) is 11.5 Å². The van der Waals surface area contributed by atoms with E-state index in [-0.39, 0.29) is 6.03 Å². The highest BCUT2D eigenvalue weighted by Gasteiger charge is 2.16. The molecule has 1 aromatic heterocycles. The van der Waals surface area contributed by atoms with Crippen molar-refractivity contribution in [2.24, 2.45) is 0 Å². The number of methoxy groups -OCH3 is 3. The van der Waals surface area contributed by atoms with E-state index in [1.165, 1.54) is 34.2 Å². The van der Waals surface area contributed by atoms with Gasteiger partial charge in [0.2, 0.25) is 5.75 Å². The summed E-state index contributed by atoms with van der Waals surface area (Å²) < 4.78 is 15.9. The monoisotopic (exact) mass is 430 g/mol. The second-order valence-corrected chi connectivity index (χ2v) is 7.07. The van der Waals surface area contributed by atoms with Crippen LogP contribution in [0.5, 0.6) is 17.2 Å². The Kier molecular flexibility index (Phi) is 7.58. The number of amides is 2. The van der Waals surface area contributed by atoms with E-state index in [0.29, 0.717) is 36.0 Å². The van der Waals surface area contributed by atoms with E-state index in [1.807, 2.05) is 13.0 Å². The zero-order valence-corrected chi connectivity index (χ0v) is 18.4. The lowest BCUT2D eigenvalue weighted by atomic mass is 10.2. The first kappa shape index (κ1) is 22.3. The molecule has 0 radical (unpaired) electrons. The second kappa shape index (κ2) is 10.6. The van der Waals surface area contributed by atoms with E-state index < -0.39 is 0 Å². The fourth-order valence-corrected chi connectivity index (χ4v) is 3.45. The number of rotatable bonds is 9. The molecule has 1 aromatic carbocycles. The van der Waals surface area contributed by atoms with Crippen molar-refractivity contribution in [2.75, 3.05) is 63.0 Å². The van der Waals surface area contributed by atoms with Crippen molar-refractivity contribution in [3.05, 3.63) is 24.0 Å². The molecule has 2 amide bonds. The predicted octanol–water partition coefficient (Wildman–Crippen LogP) is 2.64. The van der Waals surface area contributed by atoms with E-state index in [9.17, 15) is 4.79 Å². The molecule has 1 saturated heterocycles. The van der Waals surface area contributed by atoms with Gasteiger partial charge in [-0.25, -0.2) is 14.8 Å². The average Bonchev–Trinajstić information content (AvgIpc) is 3.30. The van der Waals surface area contributed by atoms with Gasteiger partial charge in [-0.1, -0.05) is 0 Å². The number of anilines is 3. The Bertz CT molecular complexity index is 876. The fraction of sp³-hybridized carbons (Fsp3) is 0.476. The number of hydrogen-bond donors (Lipinski definition) is 3. The molecule has 0 spiro atoms. The lowest BCUT2D eigenvalue weighted by Crippen LogP contribution is -2.32. The molecule has 0 bridgehead atoms. The summed E-state index contributed by atoms with van der Waals surface area (Å²) in [6.07, 6.45) is 2.38. The van der Waals surface area contributed by atoms with Crippen molar-refractivity contribution >= 4 is 23.4 Å². The van der Waals surface area contributed by atoms with Crippen LogP contribution in [0.4, 0.5) is 22.1 Å². The largest absolute Gasteiger partial charge is 0.493 e. The zero-order chi connectivity index (χ0) is 22.2. The molecule has 0 saturated carbocycles. The minimum atomic E-state index is -0.340. The van der Waals surface area contributed by atoms with Gasteiger partial charge in [-0.05, 0) is 19.8 Å². The third-order valence-corrected chi connectivity index (χ3v) is 4.89. The van der Waals surface area contributed by atoms with Crippen molar-refractivity contribution in [2.45, 2.75) is 19.8 Å². The van der Waals surface area contributed by atoms with Crippen molar-refractivity contribution < 1.29 is 19.0 Å². The normalized spacial score (nSPS) is 13.0. The molecule has 31 heavy (non-hydrogen) atoms. The summed E-state index contributed by atoms with van der Waals surface area (Å²) in [4.78, 5) is 23.5.